The molecule has 0 spiro atoms. The molecule has 1 aromatic carbocycles. The standard InChI is InChI=1S/C15H20FN3O/c1-3-6-17-8-12-4-5-15(14(16)7-12)20-11-13-9-18-19(2)10-13/h4-5,7,9-10,17H,3,6,8,11H2,1-2H3. The van der Waals surface area contributed by atoms with Gasteiger partial charge >= 0.3 is 0 Å². The Balaban J connectivity index is 1.92. The summed E-state index contributed by atoms with van der Waals surface area (Å²) in [6.45, 7) is 4.02. The van der Waals surface area contributed by atoms with Gasteiger partial charge in [0, 0.05) is 25.4 Å². The van der Waals surface area contributed by atoms with E-state index < -0.39 is 0 Å². The molecule has 0 aliphatic rings. The molecule has 1 heterocycles. The number of hydrogen-bond acceptors (Lipinski definition) is 3. The van der Waals surface area contributed by atoms with Gasteiger partial charge in [0.25, 0.3) is 0 Å². The molecule has 0 bridgehead atoms. The van der Waals surface area contributed by atoms with Crippen LogP contribution in [0.1, 0.15) is 24.5 Å². The van der Waals surface area contributed by atoms with E-state index in [4.69, 9.17) is 4.74 Å². The highest BCUT2D eigenvalue weighted by molar-refractivity contribution is 5.29. The minimum atomic E-state index is -0.329. The lowest BCUT2D eigenvalue weighted by molar-refractivity contribution is 0.290. The number of nitrogens with one attached hydrogen (secondary N) is 1. The Morgan fingerprint density at radius 3 is 2.85 bits per heavy atom. The fraction of sp³-hybridized carbons (Fsp3) is 0.400. The maximum Gasteiger partial charge on any atom is 0.165 e. The van der Waals surface area contributed by atoms with Gasteiger partial charge < -0.3 is 10.1 Å². The van der Waals surface area contributed by atoms with Gasteiger partial charge in [0.2, 0.25) is 0 Å². The molecule has 0 fully saturated rings. The summed E-state index contributed by atoms with van der Waals surface area (Å²) in [6.07, 6.45) is 4.62. The fourth-order valence-corrected chi connectivity index (χ4v) is 1.89. The summed E-state index contributed by atoms with van der Waals surface area (Å²) >= 11 is 0. The van der Waals surface area contributed by atoms with Gasteiger partial charge in [0.1, 0.15) is 6.61 Å². The molecule has 0 radical (unpaired) electrons. The van der Waals surface area contributed by atoms with E-state index in [-0.39, 0.29) is 11.6 Å². The summed E-state index contributed by atoms with van der Waals surface area (Å²) in [5.41, 5.74) is 1.84. The van der Waals surface area contributed by atoms with Crippen molar-refractivity contribution in [3.8, 4) is 5.75 Å². The van der Waals surface area contributed by atoms with Crippen LogP contribution in [0.4, 0.5) is 4.39 Å². The number of ether oxygens (including phenoxy) is 1. The molecule has 4 nitrogen and oxygen atoms in total. The van der Waals surface area contributed by atoms with Crippen LogP contribution in [-0.2, 0) is 20.2 Å². The second kappa shape index (κ2) is 7.05. The fourth-order valence-electron chi connectivity index (χ4n) is 1.89. The SMILES string of the molecule is CCCNCc1ccc(OCc2cnn(C)c2)c(F)c1. The maximum atomic E-state index is 13.9. The molecule has 2 rings (SSSR count). The summed E-state index contributed by atoms with van der Waals surface area (Å²) in [5, 5.41) is 7.28. The molecule has 1 N–H and O–H groups in total. The first-order valence-electron chi connectivity index (χ1n) is 6.78. The van der Waals surface area contributed by atoms with Crippen molar-refractivity contribution in [3.63, 3.8) is 0 Å². The molecule has 2 aromatic rings. The summed E-state index contributed by atoms with van der Waals surface area (Å²) in [4.78, 5) is 0. The van der Waals surface area contributed by atoms with E-state index in [2.05, 4.69) is 17.3 Å². The second-order valence-electron chi connectivity index (χ2n) is 4.75. The average Bonchev–Trinajstić information content (AvgIpc) is 2.84. The Labute approximate surface area is 118 Å². The van der Waals surface area contributed by atoms with Crippen molar-refractivity contribution in [3.05, 3.63) is 47.5 Å². The van der Waals surface area contributed by atoms with Gasteiger partial charge in [-0.1, -0.05) is 13.0 Å². The van der Waals surface area contributed by atoms with Crippen molar-refractivity contribution in [2.75, 3.05) is 6.54 Å². The van der Waals surface area contributed by atoms with E-state index in [1.165, 1.54) is 6.07 Å². The van der Waals surface area contributed by atoms with Gasteiger partial charge in [-0.25, -0.2) is 4.39 Å². The Morgan fingerprint density at radius 2 is 2.20 bits per heavy atom. The first-order chi connectivity index (χ1) is 9.69. The zero-order valence-electron chi connectivity index (χ0n) is 11.9. The van der Waals surface area contributed by atoms with Crippen molar-refractivity contribution in [2.24, 2.45) is 7.05 Å². The van der Waals surface area contributed by atoms with Crippen molar-refractivity contribution >= 4 is 0 Å². The number of hydrogen-bond donors (Lipinski definition) is 1. The minimum Gasteiger partial charge on any atom is -0.486 e. The van der Waals surface area contributed by atoms with Crippen LogP contribution in [0, 0.1) is 5.82 Å². The van der Waals surface area contributed by atoms with Crippen molar-refractivity contribution in [1.29, 1.82) is 0 Å². The molecule has 5 heteroatoms. The van der Waals surface area contributed by atoms with Gasteiger partial charge in [-0.3, -0.25) is 4.68 Å². The van der Waals surface area contributed by atoms with Gasteiger partial charge in [-0.05, 0) is 30.7 Å². The highest BCUT2D eigenvalue weighted by atomic mass is 19.1. The number of aromatic nitrogens is 2. The van der Waals surface area contributed by atoms with E-state index >= 15 is 0 Å². The summed E-state index contributed by atoms with van der Waals surface area (Å²) in [6, 6.07) is 5.07. The van der Waals surface area contributed by atoms with Crippen LogP contribution in [-0.4, -0.2) is 16.3 Å². The van der Waals surface area contributed by atoms with Crippen LogP contribution in [0.15, 0.2) is 30.6 Å². The van der Waals surface area contributed by atoms with Crippen LogP contribution in [0.25, 0.3) is 0 Å². The summed E-state index contributed by atoms with van der Waals surface area (Å²) in [5.74, 6) is -0.0576. The van der Waals surface area contributed by atoms with Crippen LogP contribution in [0.2, 0.25) is 0 Å². The van der Waals surface area contributed by atoms with E-state index in [1.807, 2.05) is 19.3 Å². The Hall–Kier alpha value is -1.88. The van der Waals surface area contributed by atoms with Crippen molar-refractivity contribution in [1.82, 2.24) is 15.1 Å². The van der Waals surface area contributed by atoms with Gasteiger partial charge in [0.15, 0.2) is 11.6 Å². The molecule has 1 aromatic heterocycles. The molecule has 0 saturated carbocycles. The minimum absolute atomic E-state index is 0.271. The van der Waals surface area contributed by atoms with E-state index in [0.29, 0.717) is 13.2 Å². The number of rotatable bonds is 7. The zero-order chi connectivity index (χ0) is 14.4. The highest BCUT2D eigenvalue weighted by Crippen LogP contribution is 2.19. The lowest BCUT2D eigenvalue weighted by Crippen LogP contribution is -2.13. The Kier molecular flexibility index (Phi) is 5.12. The molecule has 0 atom stereocenters. The largest absolute Gasteiger partial charge is 0.486 e. The predicted octanol–water partition coefficient (Wildman–Crippen LogP) is 2.64. The molecular weight excluding hydrogens is 257 g/mol. The van der Waals surface area contributed by atoms with Crippen LogP contribution < -0.4 is 10.1 Å². The Bertz CT molecular complexity index is 554. The van der Waals surface area contributed by atoms with E-state index in [1.54, 1.807) is 16.9 Å². The van der Waals surface area contributed by atoms with Crippen molar-refractivity contribution < 1.29 is 9.13 Å². The molecule has 108 valence electrons. The monoisotopic (exact) mass is 277 g/mol. The number of nitrogens with zero attached hydrogens (tertiary/aromatic N) is 2. The summed E-state index contributed by atoms with van der Waals surface area (Å²) < 4.78 is 21.1. The molecule has 0 saturated heterocycles. The zero-order valence-corrected chi connectivity index (χ0v) is 11.9. The molecule has 20 heavy (non-hydrogen) atoms. The summed E-state index contributed by atoms with van der Waals surface area (Å²) in [7, 11) is 1.84. The molecule has 0 amide bonds. The van der Waals surface area contributed by atoms with Gasteiger partial charge in [-0.2, -0.15) is 5.10 Å². The van der Waals surface area contributed by atoms with E-state index in [0.717, 1.165) is 24.1 Å². The van der Waals surface area contributed by atoms with E-state index in [9.17, 15) is 4.39 Å². The Morgan fingerprint density at radius 1 is 1.35 bits per heavy atom. The molecular formula is C15H20FN3O. The van der Waals surface area contributed by atoms with Gasteiger partial charge in [-0.15, -0.1) is 0 Å². The normalized spacial score (nSPS) is 10.8. The molecule has 0 unspecified atom stereocenters. The maximum absolute atomic E-state index is 13.9. The number of benzene rings is 1. The molecule has 0 aliphatic heterocycles. The lowest BCUT2D eigenvalue weighted by Gasteiger charge is -2.08. The lowest BCUT2D eigenvalue weighted by atomic mass is 10.2. The topological polar surface area (TPSA) is 39.1 Å². The van der Waals surface area contributed by atoms with Crippen LogP contribution >= 0.6 is 0 Å². The molecule has 0 aliphatic carbocycles. The van der Waals surface area contributed by atoms with Crippen LogP contribution in [0.3, 0.4) is 0 Å². The predicted molar refractivity (Wildman–Crippen MR) is 75.9 cm³/mol. The third-order valence-electron chi connectivity index (χ3n) is 2.90. The van der Waals surface area contributed by atoms with Crippen molar-refractivity contribution in [2.45, 2.75) is 26.5 Å². The third kappa shape index (κ3) is 4.06. The third-order valence-corrected chi connectivity index (χ3v) is 2.90. The number of halogens is 1. The van der Waals surface area contributed by atoms with Gasteiger partial charge in [0.05, 0.1) is 6.20 Å². The second-order valence-corrected chi connectivity index (χ2v) is 4.75. The quantitative estimate of drug-likeness (QED) is 0.791. The number of aryl methyl sites for hydroxylation is 1. The van der Waals surface area contributed by atoms with Crippen LogP contribution in [0.5, 0.6) is 5.75 Å². The average molecular weight is 277 g/mol. The first kappa shape index (κ1) is 14.5. The highest BCUT2D eigenvalue weighted by Gasteiger charge is 2.06. The first-order valence-corrected chi connectivity index (χ1v) is 6.78. The smallest absolute Gasteiger partial charge is 0.165 e.